The molecule has 0 aromatic heterocycles. The van der Waals surface area contributed by atoms with Gasteiger partial charge in [-0.3, -0.25) is 0 Å². The molecule has 0 aliphatic heterocycles. The van der Waals surface area contributed by atoms with Gasteiger partial charge < -0.3 is 5.32 Å². The summed E-state index contributed by atoms with van der Waals surface area (Å²) in [5.74, 6) is 0. The predicted molar refractivity (Wildman–Crippen MR) is 74.1 cm³/mol. The zero-order valence-corrected chi connectivity index (χ0v) is 11.4. The summed E-state index contributed by atoms with van der Waals surface area (Å²) in [4.78, 5) is 0. The van der Waals surface area contributed by atoms with Crippen LogP contribution in [-0.2, 0) is 0 Å². The number of rotatable bonds is 6. The minimum absolute atomic E-state index is 0.327. The first-order valence-corrected chi connectivity index (χ1v) is 6.92. The van der Waals surface area contributed by atoms with Crippen LogP contribution < -0.4 is 5.32 Å². The summed E-state index contributed by atoms with van der Waals surface area (Å²) in [6, 6.07) is 10.4. The fraction of sp³-hybridized carbons (Fsp3) is 0.562. The van der Waals surface area contributed by atoms with Crippen LogP contribution in [0, 0.1) is 16.7 Å². The van der Waals surface area contributed by atoms with Crippen LogP contribution in [-0.4, -0.2) is 6.54 Å². The van der Waals surface area contributed by atoms with E-state index in [1.165, 1.54) is 31.2 Å². The maximum atomic E-state index is 8.91. The van der Waals surface area contributed by atoms with Crippen molar-refractivity contribution in [3.8, 4) is 6.07 Å². The lowest BCUT2D eigenvalue weighted by Gasteiger charge is -2.20. The average Bonchev–Trinajstić information content (AvgIpc) is 3.17. The van der Waals surface area contributed by atoms with Gasteiger partial charge in [0.15, 0.2) is 0 Å². The van der Waals surface area contributed by atoms with Crippen LogP contribution in [0.3, 0.4) is 0 Å². The van der Waals surface area contributed by atoms with E-state index in [0.717, 1.165) is 12.1 Å². The van der Waals surface area contributed by atoms with E-state index in [4.69, 9.17) is 5.26 Å². The van der Waals surface area contributed by atoms with Crippen LogP contribution in [0.2, 0.25) is 0 Å². The van der Waals surface area contributed by atoms with Gasteiger partial charge in [-0.05, 0) is 49.3 Å². The zero-order chi connectivity index (χ0) is 13.0. The van der Waals surface area contributed by atoms with Crippen molar-refractivity contribution in [3.63, 3.8) is 0 Å². The van der Waals surface area contributed by atoms with Crippen LogP contribution in [0.5, 0.6) is 0 Å². The molecule has 1 aromatic carbocycles. The quantitative estimate of drug-likeness (QED) is 0.823. The molecular formula is C16H22N2. The number of hydrogen-bond donors (Lipinski definition) is 1. The number of nitrogens with one attached hydrogen (secondary N) is 1. The molecule has 0 radical (unpaired) electrons. The van der Waals surface area contributed by atoms with E-state index in [1.807, 2.05) is 18.2 Å². The maximum Gasteiger partial charge on any atom is 0.0991 e. The molecule has 1 fully saturated rings. The first kappa shape index (κ1) is 13.1. The molecule has 1 unspecified atom stereocenters. The molecule has 1 saturated carbocycles. The van der Waals surface area contributed by atoms with E-state index in [9.17, 15) is 0 Å². The molecule has 1 aromatic rings. The third-order valence-corrected chi connectivity index (χ3v) is 4.04. The van der Waals surface area contributed by atoms with Crippen LogP contribution in [0.15, 0.2) is 24.3 Å². The van der Waals surface area contributed by atoms with Gasteiger partial charge in [-0.25, -0.2) is 0 Å². The van der Waals surface area contributed by atoms with Gasteiger partial charge in [0.2, 0.25) is 0 Å². The first-order chi connectivity index (χ1) is 8.69. The molecule has 0 heterocycles. The summed E-state index contributed by atoms with van der Waals surface area (Å²) in [6.07, 6.45) is 5.36. The highest BCUT2D eigenvalue weighted by Gasteiger charge is 2.41. The van der Waals surface area contributed by atoms with E-state index >= 15 is 0 Å². The van der Waals surface area contributed by atoms with Gasteiger partial charge in [0.1, 0.15) is 0 Å². The van der Waals surface area contributed by atoms with Crippen molar-refractivity contribution in [2.45, 2.75) is 45.6 Å². The highest BCUT2D eigenvalue weighted by Crippen LogP contribution is 2.49. The average molecular weight is 242 g/mol. The molecule has 18 heavy (non-hydrogen) atoms. The second-order valence-electron chi connectivity index (χ2n) is 5.59. The maximum absolute atomic E-state index is 8.91. The first-order valence-electron chi connectivity index (χ1n) is 6.92. The van der Waals surface area contributed by atoms with Gasteiger partial charge >= 0.3 is 0 Å². The fourth-order valence-corrected chi connectivity index (χ4v) is 2.59. The Labute approximate surface area is 110 Å². The molecule has 1 N–H and O–H groups in total. The standard InChI is InChI=1S/C16H22N2/c1-3-7-16(8-9-16)12-18-13(2)15-6-4-5-14(10-15)11-17/h4-6,10,13,18H,3,7-9,12H2,1-2H3. The minimum atomic E-state index is 0.327. The monoisotopic (exact) mass is 242 g/mol. The van der Waals surface area contributed by atoms with Crippen molar-refractivity contribution in [3.05, 3.63) is 35.4 Å². The molecule has 2 heteroatoms. The number of nitrogens with zero attached hydrogens (tertiary/aromatic N) is 1. The van der Waals surface area contributed by atoms with Crippen molar-refractivity contribution in [2.24, 2.45) is 5.41 Å². The molecule has 1 aliphatic carbocycles. The van der Waals surface area contributed by atoms with Gasteiger partial charge in [0.05, 0.1) is 11.6 Å². The summed E-state index contributed by atoms with van der Waals surface area (Å²) in [5.41, 5.74) is 2.53. The number of hydrogen-bond acceptors (Lipinski definition) is 2. The van der Waals surface area contributed by atoms with Gasteiger partial charge in [0.25, 0.3) is 0 Å². The second kappa shape index (κ2) is 5.54. The topological polar surface area (TPSA) is 35.8 Å². The van der Waals surface area contributed by atoms with Crippen LogP contribution in [0.4, 0.5) is 0 Å². The number of benzene rings is 1. The van der Waals surface area contributed by atoms with Crippen molar-refractivity contribution < 1.29 is 0 Å². The summed E-state index contributed by atoms with van der Waals surface area (Å²) in [5, 5.41) is 12.5. The Morgan fingerprint density at radius 1 is 1.44 bits per heavy atom. The second-order valence-corrected chi connectivity index (χ2v) is 5.59. The number of nitriles is 1. The highest BCUT2D eigenvalue weighted by atomic mass is 14.9. The molecule has 0 amide bonds. The third-order valence-electron chi connectivity index (χ3n) is 4.04. The third kappa shape index (κ3) is 3.11. The molecule has 0 bridgehead atoms. The Morgan fingerprint density at radius 3 is 2.83 bits per heavy atom. The SMILES string of the molecule is CCCC1(CNC(C)c2cccc(C#N)c2)CC1. The van der Waals surface area contributed by atoms with Gasteiger partial charge in [-0.1, -0.05) is 25.5 Å². The summed E-state index contributed by atoms with van der Waals surface area (Å²) < 4.78 is 0. The molecule has 0 spiro atoms. The molecule has 96 valence electrons. The van der Waals surface area contributed by atoms with E-state index < -0.39 is 0 Å². The van der Waals surface area contributed by atoms with Crippen molar-refractivity contribution in [1.82, 2.24) is 5.32 Å². The zero-order valence-electron chi connectivity index (χ0n) is 11.4. The van der Waals surface area contributed by atoms with Crippen molar-refractivity contribution in [2.75, 3.05) is 6.54 Å². The largest absolute Gasteiger partial charge is 0.310 e. The summed E-state index contributed by atoms with van der Waals surface area (Å²) >= 11 is 0. The van der Waals surface area contributed by atoms with Crippen LogP contribution in [0.25, 0.3) is 0 Å². The predicted octanol–water partition coefficient (Wildman–Crippen LogP) is 3.79. The van der Waals surface area contributed by atoms with E-state index in [2.05, 4.69) is 31.3 Å². The van der Waals surface area contributed by atoms with Crippen molar-refractivity contribution in [1.29, 1.82) is 5.26 Å². The Kier molecular flexibility index (Phi) is 4.04. The Hall–Kier alpha value is -1.33. The smallest absolute Gasteiger partial charge is 0.0991 e. The Bertz CT molecular complexity index is 441. The lowest BCUT2D eigenvalue weighted by molar-refractivity contribution is 0.397. The Morgan fingerprint density at radius 2 is 2.22 bits per heavy atom. The fourth-order valence-electron chi connectivity index (χ4n) is 2.59. The van der Waals surface area contributed by atoms with Gasteiger partial charge in [-0.2, -0.15) is 5.26 Å². The molecule has 2 rings (SSSR count). The van der Waals surface area contributed by atoms with Crippen molar-refractivity contribution >= 4 is 0 Å². The molecule has 1 atom stereocenters. The molecular weight excluding hydrogens is 220 g/mol. The van der Waals surface area contributed by atoms with Gasteiger partial charge in [-0.15, -0.1) is 0 Å². The lowest BCUT2D eigenvalue weighted by Crippen LogP contribution is -2.26. The van der Waals surface area contributed by atoms with Crippen LogP contribution >= 0.6 is 0 Å². The highest BCUT2D eigenvalue weighted by molar-refractivity contribution is 5.34. The Balaban J connectivity index is 1.91. The normalized spacial score (nSPS) is 18.1. The molecule has 0 saturated heterocycles. The van der Waals surface area contributed by atoms with E-state index in [0.29, 0.717) is 11.5 Å². The minimum Gasteiger partial charge on any atom is -0.310 e. The summed E-state index contributed by atoms with van der Waals surface area (Å²) in [6.45, 7) is 5.55. The molecule has 1 aliphatic rings. The summed E-state index contributed by atoms with van der Waals surface area (Å²) in [7, 11) is 0. The molecule has 2 nitrogen and oxygen atoms in total. The lowest BCUT2D eigenvalue weighted by atomic mass is 9.99. The van der Waals surface area contributed by atoms with E-state index in [-0.39, 0.29) is 0 Å². The van der Waals surface area contributed by atoms with Gasteiger partial charge in [0, 0.05) is 12.6 Å². The van der Waals surface area contributed by atoms with E-state index in [1.54, 1.807) is 0 Å². The van der Waals surface area contributed by atoms with Crippen LogP contribution in [0.1, 0.15) is 56.7 Å².